The van der Waals surface area contributed by atoms with Crippen LogP contribution >= 0.6 is 0 Å². The quantitative estimate of drug-likeness (QED) is 0.523. The van der Waals surface area contributed by atoms with Crippen LogP contribution in [0.15, 0.2) is 36.0 Å². The number of nitrogens with zero attached hydrogens (tertiary/aromatic N) is 1. The molecule has 0 aliphatic heterocycles. The van der Waals surface area contributed by atoms with E-state index in [-0.39, 0.29) is 17.0 Å². The Kier molecular flexibility index (Phi) is 5.44. The first kappa shape index (κ1) is 19.1. The third-order valence-electron chi connectivity index (χ3n) is 6.96. The lowest BCUT2D eigenvalue weighted by molar-refractivity contribution is -0.112. The van der Waals surface area contributed by atoms with Crippen molar-refractivity contribution in [1.29, 1.82) is 5.26 Å². The number of carbonyl (C=O) groups excluding carboxylic acids is 1. The summed E-state index contributed by atoms with van der Waals surface area (Å²) in [5, 5.41) is 15.9. The first-order valence-electron chi connectivity index (χ1n) is 10.9. The zero-order chi connectivity index (χ0) is 19.6. The van der Waals surface area contributed by atoms with Gasteiger partial charge in [-0.05, 0) is 86.8 Å². The Hall–Kier alpha value is -2.28. The predicted molar refractivity (Wildman–Crippen MR) is 111 cm³/mol. The van der Waals surface area contributed by atoms with E-state index < -0.39 is 0 Å². The lowest BCUT2D eigenvalue weighted by Gasteiger charge is -2.56. The van der Waals surface area contributed by atoms with E-state index in [2.05, 4.69) is 35.8 Å². The number of rotatable bonds is 7. The van der Waals surface area contributed by atoms with Crippen molar-refractivity contribution < 1.29 is 4.79 Å². The van der Waals surface area contributed by atoms with E-state index in [4.69, 9.17) is 0 Å². The molecule has 2 N–H and O–H groups in total. The molecule has 1 aromatic rings. The van der Waals surface area contributed by atoms with Gasteiger partial charge in [-0.1, -0.05) is 25.5 Å². The van der Waals surface area contributed by atoms with Gasteiger partial charge >= 0.3 is 0 Å². The summed E-state index contributed by atoms with van der Waals surface area (Å²) < 4.78 is 0. The van der Waals surface area contributed by atoms with Gasteiger partial charge in [-0.2, -0.15) is 5.26 Å². The van der Waals surface area contributed by atoms with E-state index in [9.17, 15) is 10.1 Å². The number of benzene rings is 1. The molecule has 0 aromatic heterocycles. The van der Waals surface area contributed by atoms with Crippen molar-refractivity contribution >= 4 is 11.6 Å². The Morgan fingerprint density at radius 2 is 1.75 bits per heavy atom. The smallest absolute Gasteiger partial charge is 0.267 e. The Balaban J connectivity index is 1.38. The Morgan fingerprint density at radius 1 is 1.14 bits per heavy atom. The van der Waals surface area contributed by atoms with Gasteiger partial charge in [-0.3, -0.25) is 4.79 Å². The Morgan fingerprint density at radius 3 is 2.29 bits per heavy atom. The van der Waals surface area contributed by atoms with Gasteiger partial charge in [-0.15, -0.1) is 0 Å². The van der Waals surface area contributed by atoms with E-state index in [0.717, 1.165) is 29.9 Å². The zero-order valence-corrected chi connectivity index (χ0v) is 16.8. The van der Waals surface area contributed by atoms with Crippen molar-refractivity contribution in [2.45, 2.75) is 70.3 Å². The van der Waals surface area contributed by atoms with Crippen molar-refractivity contribution in [3.8, 4) is 6.07 Å². The van der Waals surface area contributed by atoms with Crippen molar-refractivity contribution in [3.05, 3.63) is 41.6 Å². The second-order valence-electron chi connectivity index (χ2n) is 9.27. The molecule has 5 rings (SSSR count). The maximum absolute atomic E-state index is 12.6. The number of amides is 1. The second-order valence-corrected chi connectivity index (χ2v) is 9.27. The van der Waals surface area contributed by atoms with Gasteiger partial charge < -0.3 is 10.6 Å². The van der Waals surface area contributed by atoms with Gasteiger partial charge in [0, 0.05) is 17.4 Å². The molecule has 4 fully saturated rings. The molecule has 4 heteroatoms. The molecule has 4 nitrogen and oxygen atoms in total. The van der Waals surface area contributed by atoms with E-state index in [1.807, 2.05) is 12.1 Å². The molecule has 0 spiro atoms. The number of aryl methyl sites for hydroxylation is 1. The van der Waals surface area contributed by atoms with Crippen LogP contribution in [0.5, 0.6) is 0 Å². The average molecular weight is 378 g/mol. The summed E-state index contributed by atoms with van der Waals surface area (Å²) in [4.78, 5) is 12.6. The van der Waals surface area contributed by atoms with Gasteiger partial charge in [0.2, 0.25) is 0 Å². The molecular weight excluding hydrogens is 346 g/mol. The molecule has 28 heavy (non-hydrogen) atoms. The van der Waals surface area contributed by atoms with Gasteiger partial charge in [-0.25, -0.2) is 0 Å². The van der Waals surface area contributed by atoms with Crippen LogP contribution in [0.25, 0.3) is 0 Å². The molecule has 0 radical (unpaired) electrons. The van der Waals surface area contributed by atoms with E-state index >= 15 is 0 Å². The van der Waals surface area contributed by atoms with Crippen LogP contribution in [-0.4, -0.2) is 11.4 Å². The minimum atomic E-state index is -0.332. The summed E-state index contributed by atoms with van der Waals surface area (Å²) in [7, 11) is 0. The fourth-order valence-electron chi connectivity index (χ4n) is 6.00. The topological polar surface area (TPSA) is 64.9 Å². The molecule has 148 valence electrons. The average Bonchev–Trinajstić information content (AvgIpc) is 2.67. The van der Waals surface area contributed by atoms with E-state index in [1.165, 1.54) is 56.9 Å². The van der Waals surface area contributed by atoms with Gasteiger partial charge in [0.1, 0.15) is 11.6 Å². The second kappa shape index (κ2) is 7.99. The minimum Gasteiger partial charge on any atom is -0.384 e. The largest absolute Gasteiger partial charge is 0.384 e. The third kappa shape index (κ3) is 4.09. The third-order valence-corrected chi connectivity index (χ3v) is 6.96. The van der Waals surface area contributed by atoms with Crippen LogP contribution in [0, 0.1) is 29.1 Å². The highest BCUT2D eigenvalue weighted by atomic mass is 16.1. The van der Waals surface area contributed by atoms with Crippen molar-refractivity contribution in [3.63, 3.8) is 0 Å². The minimum absolute atomic E-state index is 0.109. The molecule has 4 bridgehead atoms. The summed E-state index contributed by atoms with van der Waals surface area (Å²) in [6.45, 7) is 2.18. The summed E-state index contributed by atoms with van der Waals surface area (Å²) in [6.07, 6.45) is 12.8. The summed E-state index contributed by atoms with van der Waals surface area (Å²) >= 11 is 0. The monoisotopic (exact) mass is 377 g/mol. The summed E-state index contributed by atoms with van der Waals surface area (Å²) in [5.74, 6) is 2.16. The highest BCUT2D eigenvalue weighted by molar-refractivity contribution is 6.06. The number of hydrogen-bond donors (Lipinski definition) is 2. The molecule has 1 amide bonds. The number of hydrogen-bond acceptors (Lipinski definition) is 3. The molecule has 4 saturated carbocycles. The predicted octanol–water partition coefficient (Wildman–Crippen LogP) is 4.93. The standard InChI is InChI=1S/C24H31N3O/c1-2-3-4-17-5-7-22(8-6-17)27-23(28)21(15-25)16-26-24-12-18-9-19(13-24)11-20(10-18)14-24/h5-8,16,18-20,26H,2-4,9-14H2,1H3,(H,27,28)/b21-16-. The van der Waals surface area contributed by atoms with Gasteiger partial charge in [0.05, 0.1) is 0 Å². The molecule has 1 aromatic carbocycles. The lowest BCUT2D eigenvalue weighted by Crippen LogP contribution is -2.57. The Bertz CT molecular complexity index is 752. The van der Waals surface area contributed by atoms with Gasteiger partial charge in [0.15, 0.2) is 0 Å². The molecule has 4 aliphatic rings. The van der Waals surface area contributed by atoms with Crippen molar-refractivity contribution in [2.75, 3.05) is 5.32 Å². The summed E-state index contributed by atoms with van der Waals surface area (Å²) in [5.41, 5.74) is 2.28. The van der Waals surface area contributed by atoms with Crippen LogP contribution in [0.2, 0.25) is 0 Å². The number of nitriles is 1. The first-order chi connectivity index (χ1) is 13.6. The highest BCUT2D eigenvalue weighted by Crippen LogP contribution is 2.55. The van der Waals surface area contributed by atoms with Crippen LogP contribution in [-0.2, 0) is 11.2 Å². The zero-order valence-electron chi connectivity index (χ0n) is 16.8. The van der Waals surface area contributed by atoms with Crippen LogP contribution in [0.1, 0.15) is 63.9 Å². The maximum Gasteiger partial charge on any atom is 0.267 e. The molecule has 0 heterocycles. The fourth-order valence-corrected chi connectivity index (χ4v) is 6.00. The highest BCUT2D eigenvalue weighted by Gasteiger charge is 2.50. The number of unbranched alkanes of at least 4 members (excludes halogenated alkanes) is 1. The molecule has 4 aliphatic carbocycles. The van der Waals surface area contributed by atoms with Crippen molar-refractivity contribution in [1.82, 2.24) is 5.32 Å². The number of carbonyl (C=O) groups is 1. The number of nitrogens with one attached hydrogen (secondary N) is 2. The van der Waals surface area contributed by atoms with Gasteiger partial charge in [0.25, 0.3) is 5.91 Å². The molecule has 0 saturated heterocycles. The first-order valence-corrected chi connectivity index (χ1v) is 10.9. The van der Waals surface area contributed by atoms with Crippen LogP contribution < -0.4 is 10.6 Å². The SMILES string of the molecule is CCCCc1ccc(NC(=O)/C(C#N)=C\NC23CC4CC(CC(C4)C2)C3)cc1. The van der Waals surface area contributed by atoms with E-state index in [0.29, 0.717) is 0 Å². The molecule has 0 unspecified atom stereocenters. The van der Waals surface area contributed by atoms with Crippen molar-refractivity contribution in [2.24, 2.45) is 17.8 Å². The van der Waals surface area contributed by atoms with E-state index in [1.54, 1.807) is 6.20 Å². The molecular formula is C24H31N3O. The normalized spacial score (nSPS) is 30.7. The number of anilines is 1. The summed E-state index contributed by atoms with van der Waals surface area (Å²) in [6, 6.07) is 10.0. The maximum atomic E-state index is 12.6. The van der Waals surface area contributed by atoms with Crippen LogP contribution in [0.3, 0.4) is 0 Å². The lowest BCUT2D eigenvalue weighted by atomic mass is 9.53. The molecule has 0 atom stereocenters. The Labute approximate surface area is 168 Å². The van der Waals surface area contributed by atoms with Crippen LogP contribution in [0.4, 0.5) is 5.69 Å². The fraction of sp³-hybridized carbons (Fsp3) is 0.583.